The fraction of sp³-hybridized carbons (Fsp3) is 0.517. The highest BCUT2D eigenvalue weighted by molar-refractivity contribution is 9.10. The minimum absolute atomic E-state index is 0.225. The van der Waals surface area contributed by atoms with Crippen LogP contribution >= 0.6 is 27.9 Å². The zero-order chi connectivity index (χ0) is 30.4. The summed E-state index contributed by atoms with van der Waals surface area (Å²) in [6.07, 6.45) is 0.160. The van der Waals surface area contributed by atoms with Crippen LogP contribution in [0.4, 0.5) is 19.0 Å². The minimum Gasteiger partial charge on any atom is -0.351 e. The smallest absolute Gasteiger partial charge is 0.351 e. The van der Waals surface area contributed by atoms with Crippen LogP contribution in [0, 0.1) is 5.92 Å². The second-order valence-electron chi connectivity index (χ2n) is 10.4. The lowest BCUT2D eigenvalue weighted by atomic mass is 9.91. The van der Waals surface area contributed by atoms with Gasteiger partial charge in [-0.25, -0.2) is 9.97 Å². The lowest BCUT2D eigenvalue weighted by Crippen LogP contribution is -2.40. The Hall–Kier alpha value is -2.60. The predicted octanol–water partition coefficient (Wildman–Crippen LogP) is 8.06. The number of pyridine rings is 2. The Bertz CT molecular complexity index is 1280. The molecule has 2 N–H and O–H groups in total. The molecule has 2 atom stereocenters. The van der Waals surface area contributed by atoms with Gasteiger partial charge in [-0.1, -0.05) is 32.9 Å². The molecule has 1 fully saturated rings. The predicted molar refractivity (Wildman–Crippen MR) is 164 cm³/mol. The second kappa shape index (κ2) is 14.0. The number of amidine groups is 1. The molecule has 41 heavy (non-hydrogen) atoms. The lowest BCUT2D eigenvalue weighted by molar-refractivity contribution is -0.141. The highest BCUT2D eigenvalue weighted by atomic mass is 79.9. The van der Waals surface area contributed by atoms with E-state index in [0.717, 1.165) is 30.9 Å². The number of carbonyl (C=O) groups is 1. The van der Waals surface area contributed by atoms with Gasteiger partial charge in [-0.05, 0) is 92.6 Å². The average Bonchev–Trinajstić information content (AvgIpc) is 3.23. The molecule has 4 heterocycles. The molecule has 1 saturated heterocycles. The van der Waals surface area contributed by atoms with E-state index in [-0.39, 0.29) is 23.1 Å². The first-order valence-electron chi connectivity index (χ1n) is 13.8. The summed E-state index contributed by atoms with van der Waals surface area (Å²) >= 11 is 4.58. The van der Waals surface area contributed by atoms with E-state index in [0.29, 0.717) is 46.2 Å². The fourth-order valence-electron chi connectivity index (χ4n) is 5.13. The standard InChI is InChI=1S/C27H32BrF3N6OS.C2H6/c1-5-7-23-33-16(2)32-20(19-8-6-9-21(34-19)27(29,30)31)12-10-17-14-26(3,4)37(15-17)24-18(25(38)36-39-23)11-13-22(28)35-24;1-2/h6-9,11,13,17,20H,5,10,12,14-15H2,1-4H3,(H,32,33)(H,36,38);1-2H3/b23-7+;. The van der Waals surface area contributed by atoms with Crippen LogP contribution in [0.3, 0.4) is 0 Å². The summed E-state index contributed by atoms with van der Waals surface area (Å²) < 4.78 is 43.9. The van der Waals surface area contributed by atoms with Crippen molar-refractivity contribution in [1.29, 1.82) is 0 Å². The van der Waals surface area contributed by atoms with Crippen molar-refractivity contribution in [3.05, 3.63) is 63.0 Å². The Labute approximate surface area is 253 Å². The van der Waals surface area contributed by atoms with Gasteiger partial charge in [0.05, 0.1) is 28.2 Å². The van der Waals surface area contributed by atoms with Gasteiger partial charge in [0.1, 0.15) is 16.1 Å². The van der Waals surface area contributed by atoms with Gasteiger partial charge in [0, 0.05) is 24.0 Å². The average molecular weight is 656 g/mol. The maximum Gasteiger partial charge on any atom is 0.433 e. The van der Waals surface area contributed by atoms with Gasteiger partial charge in [0.15, 0.2) is 0 Å². The molecule has 1 amide bonds. The number of halogens is 4. The normalized spacial score (nSPS) is 22.3. The molecule has 2 aliphatic heterocycles. The van der Waals surface area contributed by atoms with Crippen molar-refractivity contribution in [3.63, 3.8) is 0 Å². The van der Waals surface area contributed by atoms with Crippen molar-refractivity contribution in [2.45, 2.75) is 85.0 Å². The zero-order valence-corrected chi connectivity index (χ0v) is 26.7. The van der Waals surface area contributed by atoms with Gasteiger partial charge in [-0.3, -0.25) is 14.5 Å². The number of hydrogen-bond donors (Lipinski definition) is 2. The number of nitrogens with one attached hydrogen (secondary N) is 2. The number of amides is 1. The summed E-state index contributed by atoms with van der Waals surface area (Å²) in [4.78, 5) is 28.9. The van der Waals surface area contributed by atoms with Crippen LogP contribution in [0.25, 0.3) is 0 Å². The number of allylic oxidation sites excluding steroid dienone is 1. The molecular formula is C29H38BrF3N6OS. The van der Waals surface area contributed by atoms with Crippen LogP contribution in [0.15, 0.2) is 51.0 Å². The van der Waals surface area contributed by atoms with E-state index in [4.69, 9.17) is 9.98 Å². The Morgan fingerprint density at radius 1 is 1.17 bits per heavy atom. The van der Waals surface area contributed by atoms with Gasteiger partial charge in [-0.2, -0.15) is 13.2 Å². The number of alkyl halides is 3. The van der Waals surface area contributed by atoms with Gasteiger partial charge in [0.2, 0.25) is 0 Å². The molecule has 0 aromatic carbocycles. The third-order valence-electron chi connectivity index (χ3n) is 6.85. The Morgan fingerprint density at radius 2 is 1.90 bits per heavy atom. The highest BCUT2D eigenvalue weighted by Gasteiger charge is 2.41. The molecule has 2 aliphatic rings. The van der Waals surface area contributed by atoms with Crippen molar-refractivity contribution in [2.75, 3.05) is 11.4 Å². The topological polar surface area (TPSA) is 82.5 Å². The van der Waals surface area contributed by atoms with E-state index in [9.17, 15) is 18.0 Å². The number of hydrogen-bond acceptors (Lipinski definition) is 7. The molecule has 0 aliphatic carbocycles. The lowest BCUT2D eigenvalue weighted by Gasteiger charge is -2.33. The van der Waals surface area contributed by atoms with Crippen molar-refractivity contribution in [2.24, 2.45) is 10.9 Å². The molecule has 0 saturated carbocycles. The van der Waals surface area contributed by atoms with Crippen LogP contribution in [0.5, 0.6) is 0 Å². The summed E-state index contributed by atoms with van der Waals surface area (Å²) in [5.74, 6) is 1.08. The first-order valence-corrected chi connectivity index (χ1v) is 15.5. The van der Waals surface area contributed by atoms with Crippen LogP contribution in [0.2, 0.25) is 0 Å². The molecule has 2 bridgehead atoms. The molecule has 2 aromatic heterocycles. The third-order valence-corrected chi connectivity index (χ3v) is 8.07. The molecule has 4 rings (SSSR count). The Kier molecular flexibility index (Phi) is 11.3. The van der Waals surface area contributed by atoms with Gasteiger partial charge >= 0.3 is 6.18 Å². The Morgan fingerprint density at radius 3 is 2.59 bits per heavy atom. The summed E-state index contributed by atoms with van der Waals surface area (Å²) in [5, 5.41) is 3.87. The van der Waals surface area contributed by atoms with E-state index in [1.165, 1.54) is 6.07 Å². The van der Waals surface area contributed by atoms with Crippen molar-refractivity contribution in [3.8, 4) is 0 Å². The van der Waals surface area contributed by atoms with Gasteiger partial charge in [0.25, 0.3) is 5.91 Å². The van der Waals surface area contributed by atoms with Crippen LogP contribution in [0.1, 0.15) is 95.0 Å². The van der Waals surface area contributed by atoms with Crippen LogP contribution in [-0.4, -0.2) is 33.8 Å². The van der Waals surface area contributed by atoms with Gasteiger partial charge in [-0.15, -0.1) is 0 Å². The molecule has 0 spiro atoms. The second-order valence-corrected chi connectivity index (χ2v) is 12.0. The maximum absolute atomic E-state index is 13.5. The summed E-state index contributed by atoms with van der Waals surface area (Å²) in [6, 6.07) is 6.92. The first kappa shape index (κ1) is 32.9. The summed E-state index contributed by atoms with van der Waals surface area (Å²) in [6.45, 7) is 12.6. The quantitative estimate of drug-likeness (QED) is 0.252. The van der Waals surface area contributed by atoms with E-state index < -0.39 is 17.9 Å². The first-order chi connectivity index (χ1) is 19.4. The maximum atomic E-state index is 13.5. The highest BCUT2D eigenvalue weighted by Crippen LogP contribution is 2.41. The number of nitrogens with zero attached hydrogens (tertiary/aromatic N) is 4. The van der Waals surface area contributed by atoms with Gasteiger partial charge < -0.3 is 10.2 Å². The molecule has 7 nitrogen and oxygen atoms in total. The molecule has 224 valence electrons. The van der Waals surface area contributed by atoms with E-state index >= 15 is 0 Å². The van der Waals surface area contributed by atoms with Crippen LogP contribution in [-0.2, 0) is 6.18 Å². The van der Waals surface area contributed by atoms with Crippen molar-refractivity contribution >= 4 is 45.4 Å². The molecular weight excluding hydrogens is 617 g/mol. The van der Waals surface area contributed by atoms with E-state index in [1.807, 2.05) is 26.8 Å². The summed E-state index contributed by atoms with van der Waals surface area (Å²) in [5.41, 5.74) is -0.456. The molecule has 12 heteroatoms. The monoisotopic (exact) mass is 654 g/mol. The number of aliphatic imine (C=N–C) groups is 1. The molecule has 2 aromatic rings. The zero-order valence-electron chi connectivity index (χ0n) is 24.3. The fourth-order valence-corrected chi connectivity index (χ4v) is 6.19. The van der Waals surface area contributed by atoms with Crippen molar-refractivity contribution < 1.29 is 18.0 Å². The number of fused-ring (bicyclic) bond motifs is 4. The molecule has 0 radical (unpaired) electrons. The Balaban J connectivity index is 0.00000226. The number of anilines is 1. The van der Waals surface area contributed by atoms with E-state index in [2.05, 4.69) is 49.7 Å². The van der Waals surface area contributed by atoms with Crippen LogP contribution < -0.4 is 14.9 Å². The number of carbonyl (C=O) groups excluding carboxylic acids is 1. The summed E-state index contributed by atoms with van der Waals surface area (Å²) in [7, 11) is 0. The third kappa shape index (κ3) is 8.47. The van der Waals surface area contributed by atoms with Crippen molar-refractivity contribution in [1.82, 2.24) is 20.0 Å². The van der Waals surface area contributed by atoms with E-state index in [1.54, 1.807) is 25.1 Å². The SMILES string of the molecule is CC.CC/C=C1\NC(C)=NC(c2cccc(C(F)(F)F)n2)CCC2CN(c3nc(Br)ccc3C(=O)NS1)C(C)(C)C2. The number of aromatic nitrogens is 2. The number of rotatable bonds is 2. The molecule has 2 unspecified atom stereocenters. The largest absolute Gasteiger partial charge is 0.433 e. The minimum atomic E-state index is -4.54.